The predicted molar refractivity (Wildman–Crippen MR) is 122 cm³/mol. The number of carboxylic acid groups (broad SMARTS) is 1. The molecule has 0 saturated heterocycles. The summed E-state index contributed by atoms with van der Waals surface area (Å²) in [5.41, 5.74) is 4.39. The van der Waals surface area contributed by atoms with E-state index in [9.17, 15) is 18.7 Å². The second-order valence-electron chi connectivity index (χ2n) is 8.82. The Morgan fingerprint density at radius 1 is 1.03 bits per heavy atom. The lowest BCUT2D eigenvalue weighted by atomic mass is 9.95. The molecule has 2 heterocycles. The topological polar surface area (TPSA) is 79.2 Å². The van der Waals surface area contributed by atoms with Crippen LogP contribution in [-0.4, -0.2) is 57.0 Å². The highest BCUT2D eigenvalue weighted by Gasteiger charge is 2.20. The van der Waals surface area contributed by atoms with E-state index >= 15 is 0 Å². The Bertz CT molecular complexity index is 867. The summed E-state index contributed by atoms with van der Waals surface area (Å²) in [7, 11) is 0. The third-order valence-electron chi connectivity index (χ3n) is 6.30. The monoisotopic (exact) mass is 460 g/mol. The molecular formula is C25H34F2N4O2. The number of alkyl halides is 2. The number of hydrogen-bond acceptors (Lipinski definition) is 5. The van der Waals surface area contributed by atoms with Crippen LogP contribution in [0.3, 0.4) is 0 Å². The normalized spacial score (nSPS) is 14.4. The summed E-state index contributed by atoms with van der Waals surface area (Å²) in [6, 6.07) is 6.03. The number of unbranched alkanes of at least 4 members (excludes halogenated alkanes) is 1. The Morgan fingerprint density at radius 2 is 1.85 bits per heavy atom. The zero-order valence-electron chi connectivity index (χ0n) is 19.1. The van der Waals surface area contributed by atoms with Gasteiger partial charge in [0.05, 0.1) is 5.92 Å². The number of hydrogen-bond donors (Lipinski definition) is 1. The van der Waals surface area contributed by atoms with Gasteiger partial charge in [-0.05, 0) is 82.2 Å². The number of rotatable bonds is 14. The molecule has 0 spiro atoms. The van der Waals surface area contributed by atoms with E-state index in [1.165, 1.54) is 30.4 Å². The van der Waals surface area contributed by atoms with Gasteiger partial charge in [0.2, 0.25) is 6.43 Å². The Balaban J connectivity index is 1.47. The van der Waals surface area contributed by atoms with E-state index in [0.29, 0.717) is 31.6 Å². The molecule has 33 heavy (non-hydrogen) atoms. The molecule has 1 aliphatic carbocycles. The van der Waals surface area contributed by atoms with Gasteiger partial charge in [-0.3, -0.25) is 9.78 Å². The highest BCUT2D eigenvalue weighted by molar-refractivity contribution is 5.70. The number of aryl methyl sites for hydroxylation is 3. The number of aliphatic carboxylic acids is 1. The zero-order valence-corrected chi connectivity index (χ0v) is 19.1. The summed E-state index contributed by atoms with van der Waals surface area (Å²) in [6.07, 6.45) is 8.45. The van der Waals surface area contributed by atoms with Gasteiger partial charge in [-0.15, -0.1) is 0 Å². The maximum Gasteiger partial charge on any atom is 0.306 e. The summed E-state index contributed by atoms with van der Waals surface area (Å²) in [5, 5.41) is 9.60. The molecule has 0 amide bonds. The molecule has 0 saturated carbocycles. The second-order valence-corrected chi connectivity index (χ2v) is 8.82. The van der Waals surface area contributed by atoms with Gasteiger partial charge in [-0.25, -0.2) is 18.7 Å². The third-order valence-corrected chi connectivity index (χ3v) is 6.30. The fourth-order valence-electron chi connectivity index (χ4n) is 4.37. The maximum atomic E-state index is 12.8. The van der Waals surface area contributed by atoms with Crippen LogP contribution >= 0.6 is 0 Å². The Kier molecular flexibility index (Phi) is 10.1. The largest absolute Gasteiger partial charge is 0.481 e. The average molecular weight is 461 g/mol. The Labute approximate surface area is 194 Å². The molecule has 0 bridgehead atoms. The van der Waals surface area contributed by atoms with Gasteiger partial charge in [-0.2, -0.15) is 0 Å². The molecule has 0 unspecified atom stereocenters. The summed E-state index contributed by atoms with van der Waals surface area (Å²) < 4.78 is 25.6. The summed E-state index contributed by atoms with van der Waals surface area (Å²) in [4.78, 5) is 26.5. The first-order valence-corrected chi connectivity index (χ1v) is 12.0. The molecular weight excluding hydrogens is 426 g/mol. The smallest absolute Gasteiger partial charge is 0.306 e. The second kappa shape index (κ2) is 13.3. The van der Waals surface area contributed by atoms with Gasteiger partial charge in [0.25, 0.3) is 0 Å². The van der Waals surface area contributed by atoms with Crippen molar-refractivity contribution < 1.29 is 18.7 Å². The van der Waals surface area contributed by atoms with E-state index in [2.05, 4.69) is 22.1 Å². The Morgan fingerprint density at radius 3 is 2.61 bits per heavy atom. The van der Waals surface area contributed by atoms with Crippen molar-refractivity contribution >= 4 is 5.97 Å². The molecule has 0 fully saturated rings. The molecule has 0 aliphatic heterocycles. The van der Waals surface area contributed by atoms with Crippen LogP contribution in [0.1, 0.15) is 61.2 Å². The van der Waals surface area contributed by atoms with E-state index in [-0.39, 0.29) is 13.0 Å². The van der Waals surface area contributed by atoms with Crippen LogP contribution in [0.5, 0.6) is 0 Å². The van der Waals surface area contributed by atoms with Crippen LogP contribution < -0.4 is 0 Å². The van der Waals surface area contributed by atoms with E-state index < -0.39 is 18.3 Å². The first kappa shape index (κ1) is 25.1. The van der Waals surface area contributed by atoms with Crippen LogP contribution in [0, 0.1) is 5.92 Å². The fraction of sp³-hybridized carbons (Fsp3) is 0.600. The van der Waals surface area contributed by atoms with Crippen molar-refractivity contribution in [3.63, 3.8) is 0 Å². The molecule has 3 rings (SSSR count). The molecule has 2 aromatic rings. The standard InChI is InChI=1S/C25H34F2N4O2/c26-24(27)12-16-31(15-11-20(25(32)33)17-22-10-13-28-18-29-22)14-4-3-6-21-9-8-19-5-1-2-7-23(19)30-21/h8-10,13,18,20,24H,1-7,11-12,14-17H2,(H,32,33)/t20-/m1/s1. The lowest BCUT2D eigenvalue weighted by molar-refractivity contribution is -0.142. The van der Waals surface area contributed by atoms with Gasteiger partial charge >= 0.3 is 5.97 Å². The minimum atomic E-state index is -2.36. The number of aromatic nitrogens is 3. The molecule has 1 atom stereocenters. The SMILES string of the molecule is O=C(O)[C@H](CCN(CCCCc1ccc2c(n1)CCCC2)CCC(F)F)Cc1ccncn1. The van der Waals surface area contributed by atoms with Crippen molar-refractivity contribution in [3.05, 3.63) is 53.4 Å². The van der Waals surface area contributed by atoms with Crippen LogP contribution in [0.25, 0.3) is 0 Å². The third kappa shape index (κ3) is 8.76. The molecule has 6 nitrogen and oxygen atoms in total. The molecule has 1 N–H and O–H groups in total. The number of pyridine rings is 1. The Hall–Kier alpha value is -2.48. The van der Waals surface area contributed by atoms with Crippen LogP contribution in [0.2, 0.25) is 0 Å². The van der Waals surface area contributed by atoms with Crippen LogP contribution in [0.4, 0.5) is 8.78 Å². The molecule has 2 aromatic heterocycles. The minimum Gasteiger partial charge on any atom is -0.481 e. The van der Waals surface area contributed by atoms with Crippen molar-refractivity contribution in [2.45, 2.75) is 70.6 Å². The average Bonchev–Trinajstić information content (AvgIpc) is 2.82. The highest BCUT2D eigenvalue weighted by Crippen LogP contribution is 2.20. The van der Waals surface area contributed by atoms with Gasteiger partial charge in [0.15, 0.2) is 0 Å². The van der Waals surface area contributed by atoms with E-state index in [0.717, 1.165) is 37.8 Å². The first-order valence-electron chi connectivity index (χ1n) is 12.0. The van der Waals surface area contributed by atoms with Gasteiger partial charge < -0.3 is 10.0 Å². The van der Waals surface area contributed by atoms with Crippen molar-refractivity contribution in [1.82, 2.24) is 19.9 Å². The van der Waals surface area contributed by atoms with Crippen molar-refractivity contribution in [3.8, 4) is 0 Å². The van der Waals surface area contributed by atoms with Gasteiger partial charge in [0, 0.05) is 42.7 Å². The summed E-state index contributed by atoms with van der Waals surface area (Å²) >= 11 is 0. The number of carboxylic acids is 1. The number of fused-ring (bicyclic) bond motifs is 1. The summed E-state index contributed by atoms with van der Waals surface area (Å²) in [5.74, 6) is -1.49. The number of halogens is 2. The van der Waals surface area contributed by atoms with Crippen molar-refractivity contribution in [2.24, 2.45) is 5.92 Å². The van der Waals surface area contributed by atoms with E-state index in [4.69, 9.17) is 4.98 Å². The maximum absolute atomic E-state index is 12.8. The van der Waals surface area contributed by atoms with E-state index in [1.54, 1.807) is 12.3 Å². The number of nitrogens with zero attached hydrogens (tertiary/aromatic N) is 4. The quantitative estimate of drug-likeness (QED) is 0.422. The molecule has 1 aliphatic rings. The molecule has 0 aromatic carbocycles. The molecule has 0 radical (unpaired) electrons. The predicted octanol–water partition coefficient (Wildman–Crippen LogP) is 4.36. The van der Waals surface area contributed by atoms with Crippen LogP contribution in [0.15, 0.2) is 30.7 Å². The molecule has 8 heteroatoms. The van der Waals surface area contributed by atoms with Gasteiger partial charge in [-0.1, -0.05) is 6.07 Å². The summed E-state index contributed by atoms with van der Waals surface area (Å²) in [6.45, 7) is 1.43. The lowest BCUT2D eigenvalue weighted by Gasteiger charge is -2.24. The first-order chi connectivity index (χ1) is 16.0. The van der Waals surface area contributed by atoms with Crippen molar-refractivity contribution in [1.29, 1.82) is 0 Å². The van der Waals surface area contributed by atoms with Gasteiger partial charge in [0.1, 0.15) is 6.33 Å². The zero-order chi connectivity index (χ0) is 23.5. The fourth-order valence-corrected chi connectivity index (χ4v) is 4.37. The minimum absolute atomic E-state index is 0.198. The van der Waals surface area contributed by atoms with E-state index in [1.807, 2.05) is 4.90 Å². The number of carbonyl (C=O) groups is 1. The van der Waals surface area contributed by atoms with Crippen molar-refractivity contribution in [2.75, 3.05) is 19.6 Å². The highest BCUT2D eigenvalue weighted by atomic mass is 19.3. The lowest BCUT2D eigenvalue weighted by Crippen LogP contribution is -2.31. The molecule has 180 valence electrons. The van der Waals surface area contributed by atoms with Crippen LogP contribution in [-0.2, 0) is 30.5 Å².